The zero-order valence-electron chi connectivity index (χ0n) is 12.8. The minimum Gasteiger partial charge on any atom is -0.480 e. The molecule has 0 aromatic carbocycles. The molecule has 3 rings (SSSR count). The first-order valence-electron chi connectivity index (χ1n) is 7.49. The lowest BCUT2D eigenvalue weighted by molar-refractivity contribution is 0.0835. The van der Waals surface area contributed by atoms with Crippen molar-refractivity contribution in [3.63, 3.8) is 0 Å². The highest BCUT2D eigenvalue weighted by atomic mass is 16.5. The molecule has 1 saturated heterocycles. The third kappa shape index (κ3) is 3.65. The lowest BCUT2D eigenvalue weighted by Crippen LogP contribution is -2.26. The number of methoxy groups -OCH3 is 1. The van der Waals surface area contributed by atoms with Gasteiger partial charge in [0.05, 0.1) is 7.11 Å². The summed E-state index contributed by atoms with van der Waals surface area (Å²) in [6, 6.07) is 3.34. The summed E-state index contributed by atoms with van der Waals surface area (Å²) in [5, 5.41) is 6.70. The minimum atomic E-state index is -0.252. The second-order valence-electron chi connectivity index (χ2n) is 5.12. The Morgan fingerprint density at radius 1 is 1.52 bits per heavy atom. The van der Waals surface area contributed by atoms with Crippen LogP contribution in [0, 0.1) is 0 Å². The van der Waals surface area contributed by atoms with Crippen LogP contribution in [0.25, 0.3) is 0 Å². The Morgan fingerprint density at radius 3 is 3.22 bits per heavy atom. The van der Waals surface area contributed by atoms with E-state index in [4.69, 9.17) is 14.0 Å². The molecule has 1 atom stereocenters. The van der Waals surface area contributed by atoms with Crippen molar-refractivity contribution in [2.75, 3.05) is 20.3 Å². The number of nitrogens with zero attached hydrogens (tertiary/aromatic N) is 3. The number of ether oxygens (including phenoxy) is 2. The summed E-state index contributed by atoms with van der Waals surface area (Å²) in [6.45, 7) is 1.12. The van der Waals surface area contributed by atoms with Gasteiger partial charge in [0.2, 0.25) is 5.88 Å². The smallest absolute Gasteiger partial charge is 0.256 e. The molecule has 0 spiro atoms. The molecule has 0 saturated carbocycles. The maximum absolute atomic E-state index is 12.1. The van der Waals surface area contributed by atoms with Gasteiger partial charge >= 0.3 is 0 Å². The Labute approximate surface area is 133 Å². The van der Waals surface area contributed by atoms with Crippen LogP contribution in [0.15, 0.2) is 22.9 Å². The summed E-state index contributed by atoms with van der Waals surface area (Å²) in [7, 11) is 1.48. The molecule has 0 aliphatic carbocycles. The van der Waals surface area contributed by atoms with Crippen LogP contribution in [-0.4, -0.2) is 41.3 Å². The third-order valence-electron chi connectivity index (χ3n) is 3.53. The summed E-state index contributed by atoms with van der Waals surface area (Å²) in [5.41, 5.74) is 0.392. The van der Waals surface area contributed by atoms with Crippen molar-refractivity contribution in [2.45, 2.75) is 25.4 Å². The molecule has 1 fully saturated rings. The number of carbonyl (C=O) groups excluding carboxylic acids is 1. The molecule has 1 aliphatic heterocycles. The lowest BCUT2D eigenvalue weighted by Gasteiger charge is -2.07. The van der Waals surface area contributed by atoms with Gasteiger partial charge in [0, 0.05) is 25.8 Å². The topological polar surface area (TPSA) is 99.4 Å². The normalized spacial score (nSPS) is 17.2. The highest BCUT2D eigenvalue weighted by Gasteiger charge is 2.23. The maximum Gasteiger partial charge on any atom is 0.256 e. The quantitative estimate of drug-likeness (QED) is 0.856. The molecule has 122 valence electrons. The van der Waals surface area contributed by atoms with Crippen molar-refractivity contribution in [1.29, 1.82) is 0 Å². The molecular formula is C15H18N4O4. The number of carbonyl (C=O) groups is 1. The number of aromatic nitrogens is 3. The number of hydrogen-bond donors (Lipinski definition) is 1. The fraction of sp³-hybridized carbons (Fsp3) is 0.467. The van der Waals surface area contributed by atoms with E-state index >= 15 is 0 Å². The Kier molecular flexibility index (Phi) is 4.82. The van der Waals surface area contributed by atoms with Gasteiger partial charge in [0.15, 0.2) is 5.82 Å². The van der Waals surface area contributed by atoms with Crippen molar-refractivity contribution in [2.24, 2.45) is 0 Å². The van der Waals surface area contributed by atoms with Gasteiger partial charge in [-0.1, -0.05) is 5.16 Å². The molecule has 1 N–H and O–H groups in total. The lowest BCUT2D eigenvalue weighted by atomic mass is 10.2. The molecule has 8 heteroatoms. The molecule has 23 heavy (non-hydrogen) atoms. The summed E-state index contributed by atoms with van der Waals surface area (Å²) in [6.07, 6.45) is 3.86. The van der Waals surface area contributed by atoms with Crippen LogP contribution in [0.3, 0.4) is 0 Å². The SMILES string of the molecule is COc1ncccc1C(=O)NCCc1noc(C2CCCO2)n1. The van der Waals surface area contributed by atoms with E-state index in [0.29, 0.717) is 36.1 Å². The highest BCUT2D eigenvalue weighted by molar-refractivity contribution is 5.96. The van der Waals surface area contributed by atoms with E-state index in [9.17, 15) is 4.79 Å². The van der Waals surface area contributed by atoms with E-state index in [0.717, 1.165) is 19.4 Å². The van der Waals surface area contributed by atoms with Gasteiger partial charge in [0.1, 0.15) is 11.7 Å². The van der Waals surface area contributed by atoms with E-state index in [-0.39, 0.29) is 12.0 Å². The molecule has 3 heterocycles. The van der Waals surface area contributed by atoms with Crippen molar-refractivity contribution in [3.8, 4) is 5.88 Å². The average Bonchev–Trinajstić information content (AvgIpc) is 3.26. The molecule has 1 amide bonds. The fourth-order valence-corrected chi connectivity index (χ4v) is 2.38. The first kappa shape index (κ1) is 15.4. The Bertz CT molecular complexity index is 667. The Hall–Kier alpha value is -2.48. The van der Waals surface area contributed by atoms with Crippen LogP contribution in [0.4, 0.5) is 0 Å². The maximum atomic E-state index is 12.1. The minimum absolute atomic E-state index is 0.0921. The van der Waals surface area contributed by atoms with Crippen molar-refractivity contribution in [1.82, 2.24) is 20.4 Å². The number of nitrogens with one attached hydrogen (secondary N) is 1. The summed E-state index contributed by atoms with van der Waals surface area (Å²) in [5.74, 6) is 1.11. The highest BCUT2D eigenvalue weighted by Crippen LogP contribution is 2.26. The van der Waals surface area contributed by atoms with Crippen molar-refractivity contribution < 1.29 is 18.8 Å². The van der Waals surface area contributed by atoms with Gasteiger partial charge in [-0.25, -0.2) is 4.98 Å². The second kappa shape index (κ2) is 7.19. The molecule has 1 unspecified atom stereocenters. The Morgan fingerprint density at radius 2 is 2.43 bits per heavy atom. The van der Waals surface area contributed by atoms with E-state index in [2.05, 4.69) is 20.4 Å². The van der Waals surface area contributed by atoms with E-state index in [1.54, 1.807) is 18.3 Å². The first-order chi connectivity index (χ1) is 11.3. The molecule has 0 bridgehead atoms. The van der Waals surface area contributed by atoms with Gasteiger partial charge in [-0.15, -0.1) is 0 Å². The largest absolute Gasteiger partial charge is 0.480 e. The fourth-order valence-electron chi connectivity index (χ4n) is 2.38. The average molecular weight is 318 g/mol. The monoisotopic (exact) mass is 318 g/mol. The molecule has 2 aromatic heterocycles. The number of amides is 1. The standard InChI is InChI=1S/C15H18N4O4/c1-21-14-10(4-2-7-17-14)13(20)16-8-6-12-18-15(23-19-12)11-5-3-9-22-11/h2,4,7,11H,3,5-6,8-9H2,1H3,(H,16,20). The number of hydrogen-bond acceptors (Lipinski definition) is 7. The predicted octanol–water partition coefficient (Wildman–Crippen LogP) is 1.30. The van der Waals surface area contributed by atoms with Crippen LogP contribution in [0.1, 0.15) is 41.0 Å². The molecule has 2 aromatic rings. The number of rotatable bonds is 6. The van der Waals surface area contributed by atoms with Crippen molar-refractivity contribution in [3.05, 3.63) is 35.6 Å². The zero-order chi connectivity index (χ0) is 16.1. The molecule has 1 aliphatic rings. The predicted molar refractivity (Wildman–Crippen MR) is 79.1 cm³/mol. The van der Waals surface area contributed by atoms with E-state index in [1.807, 2.05) is 0 Å². The zero-order valence-corrected chi connectivity index (χ0v) is 12.8. The van der Waals surface area contributed by atoms with Gasteiger partial charge in [0.25, 0.3) is 11.8 Å². The van der Waals surface area contributed by atoms with Gasteiger partial charge < -0.3 is 19.3 Å². The van der Waals surface area contributed by atoms with Crippen LogP contribution >= 0.6 is 0 Å². The van der Waals surface area contributed by atoms with Gasteiger partial charge in [-0.05, 0) is 25.0 Å². The van der Waals surface area contributed by atoms with Crippen LogP contribution < -0.4 is 10.1 Å². The summed E-state index contributed by atoms with van der Waals surface area (Å²) >= 11 is 0. The third-order valence-corrected chi connectivity index (χ3v) is 3.53. The molecular weight excluding hydrogens is 300 g/mol. The Balaban J connectivity index is 1.52. The molecule has 0 radical (unpaired) electrons. The van der Waals surface area contributed by atoms with Crippen LogP contribution in [0.2, 0.25) is 0 Å². The second-order valence-corrected chi connectivity index (χ2v) is 5.12. The van der Waals surface area contributed by atoms with Gasteiger partial charge in [-0.2, -0.15) is 4.98 Å². The van der Waals surface area contributed by atoms with E-state index < -0.39 is 0 Å². The van der Waals surface area contributed by atoms with Crippen LogP contribution in [-0.2, 0) is 11.2 Å². The first-order valence-corrected chi connectivity index (χ1v) is 7.49. The number of pyridine rings is 1. The van der Waals surface area contributed by atoms with Gasteiger partial charge in [-0.3, -0.25) is 4.79 Å². The summed E-state index contributed by atoms with van der Waals surface area (Å²) < 4.78 is 15.8. The summed E-state index contributed by atoms with van der Waals surface area (Å²) in [4.78, 5) is 20.4. The van der Waals surface area contributed by atoms with Crippen LogP contribution in [0.5, 0.6) is 5.88 Å². The molecule has 8 nitrogen and oxygen atoms in total. The van der Waals surface area contributed by atoms with E-state index in [1.165, 1.54) is 7.11 Å². The van der Waals surface area contributed by atoms with Crippen molar-refractivity contribution >= 4 is 5.91 Å².